The van der Waals surface area contributed by atoms with Gasteiger partial charge in [0.1, 0.15) is 17.6 Å². The van der Waals surface area contributed by atoms with Crippen molar-refractivity contribution in [1.82, 2.24) is 16.0 Å². The van der Waals surface area contributed by atoms with Crippen molar-refractivity contribution in [3.8, 4) is 11.5 Å². The number of aryl methyl sites for hydroxylation is 1. The summed E-state index contributed by atoms with van der Waals surface area (Å²) in [5.41, 5.74) is 3.02. The second kappa shape index (κ2) is 11.5. The molecular formula is C24H34N4O4. The first-order chi connectivity index (χ1) is 15.5. The Bertz CT molecular complexity index is 938. The second-order valence-corrected chi connectivity index (χ2v) is 7.80. The Labute approximate surface area is 189 Å². The molecule has 0 spiro atoms. The summed E-state index contributed by atoms with van der Waals surface area (Å²) >= 11 is 0. The molecule has 1 aromatic carbocycles. The topological polar surface area (TPSA) is 97.1 Å². The molecule has 0 radical (unpaired) electrons. The Kier molecular flexibility index (Phi) is 8.41. The number of nitrogens with one attached hydrogen (secondary N) is 3. The summed E-state index contributed by atoms with van der Waals surface area (Å²) in [6, 6.07) is 5.90. The molecule has 8 heteroatoms. The van der Waals surface area contributed by atoms with E-state index in [0.29, 0.717) is 32.0 Å². The van der Waals surface area contributed by atoms with Crippen molar-refractivity contribution in [2.45, 2.75) is 53.2 Å². The minimum atomic E-state index is -0.190. The molecule has 1 unspecified atom stereocenters. The number of nitrogens with zero attached hydrogens (tertiary/aromatic N) is 1. The van der Waals surface area contributed by atoms with Crippen LogP contribution in [0, 0.1) is 6.92 Å². The van der Waals surface area contributed by atoms with Crippen molar-refractivity contribution < 1.29 is 18.7 Å². The summed E-state index contributed by atoms with van der Waals surface area (Å²) in [7, 11) is 0. The summed E-state index contributed by atoms with van der Waals surface area (Å²) < 4.78 is 17.0. The van der Waals surface area contributed by atoms with Crippen LogP contribution in [-0.4, -0.2) is 44.2 Å². The number of guanidine groups is 1. The first-order valence-corrected chi connectivity index (χ1v) is 11.3. The maximum absolute atomic E-state index is 12.1. The Morgan fingerprint density at radius 3 is 2.75 bits per heavy atom. The maximum Gasteiger partial charge on any atom is 0.287 e. The number of fused-ring (bicyclic) bond motifs is 1. The van der Waals surface area contributed by atoms with Crippen molar-refractivity contribution in [3.05, 3.63) is 46.9 Å². The number of rotatable bonds is 10. The maximum atomic E-state index is 12.1. The van der Waals surface area contributed by atoms with Crippen LogP contribution in [0.5, 0.6) is 11.5 Å². The zero-order valence-corrected chi connectivity index (χ0v) is 19.4. The number of amides is 1. The number of hydrogen-bond donors (Lipinski definition) is 3. The Hall–Kier alpha value is -3.16. The molecule has 1 aliphatic rings. The van der Waals surface area contributed by atoms with E-state index in [1.165, 1.54) is 11.8 Å². The highest BCUT2D eigenvalue weighted by Gasteiger charge is 2.21. The van der Waals surface area contributed by atoms with Crippen LogP contribution in [0.2, 0.25) is 0 Å². The molecule has 8 nitrogen and oxygen atoms in total. The molecule has 0 saturated carbocycles. The Balaban J connectivity index is 1.53. The quantitative estimate of drug-likeness (QED) is 0.297. The zero-order chi connectivity index (χ0) is 22.9. The van der Waals surface area contributed by atoms with Gasteiger partial charge in [0.2, 0.25) is 0 Å². The van der Waals surface area contributed by atoms with Gasteiger partial charge in [0.05, 0.1) is 19.4 Å². The lowest BCUT2D eigenvalue weighted by Gasteiger charge is -2.14. The predicted octanol–water partition coefficient (Wildman–Crippen LogP) is 3.19. The molecule has 0 aliphatic carbocycles. The normalized spacial score (nSPS) is 15.1. The van der Waals surface area contributed by atoms with E-state index in [4.69, 9.17) is 18.9 Å². The zero-order valence-electron chi connectivity index (χ0n) is 19.4. The number of aliphatic imine (C=N–C) groups is 1. The minimum Gasteiger partial charge on any atom is -0.494 e. The first-order valence-electron chi connectivity index (χ1n) is 11.3. The van der Waals surface area contributed by atoms with Gasteiger partial charge in [0, 0.05) is 42.7 Å². The first kappa shape index (κ1) is 23.5. The lowest BCUT2D eigenvalue weighted by Crippen LogP contribution is -2.38. The van der Waals surface area contributed by atoms with E-state index in [0.717, 1.165) is 48.0 Å². The highest BCUT2D eigenvalue weighted by molar-refractivity contribution is 5.92. The molecule has 174 valence electrons. The van der Waals surface area contributed by atoms with E-state index in [2.05, 4.69) is 28.9 Å². The van der Waals surface area contributed by atoms with Gasteiger partial charge in [-0.2, -0.15) is 0 Å². The average molecular weight is 443 g/mol. The fraction of sp³-hybridized carbons (Fsp3) is 0.500. The monoisotopic (exact) mass is 442 g/mol. The third kappa shape index (κ3) is 6.18. The fourth-order valence-corrected chi connectivity index (χ4v) is 3.58. The summed E-state index contributed by atoms with van der Waals surface area (Å²) in [6.45, 7) is 11.0. The van der Waals surface area contributed by atoms with Crippen molar-refractivity contribution in [2.24, 2.45) is 4.99 Å². The van der Waals surface area contributed by atoms with Gasteiger partial charge >= 0.3 is 0 Å². The van der Waals surface area contributed by atoms with Crippen LogP contribution < -0.4 is 25.4 Å². The van der Waals surface area contributed by atoms with Crippen LogP contribution in [0.3, 0.4) is 0 Å². The van der Waals surface area contributed by atoms with E-state index in [1.54, 1.807) is 6.07 Å². The van der Waals surface area contributed by atoms with Crippen molar-refractivity contribution in [2.75, 3.05) is 26.2 Å². The number of benzene rings is 1. The highest BCUT2D eigenvalue weighted by Crippen LogP contribution is 2.35. The molecule has 1 amide bonds. The average Bonchev–Trinajstić information content (AvgIpc) is 3.35. The molecule has 32 heavy (non-hydrogen) atoms. The Morgan fingerprint density at radius 2 is 2.03 bits per heavy atom. The molecule has 0 bridgehead atoms. The fourth-order valence-electron chi connectivity index (χ4n) is 3.58. The van der Waals surface area contributed by atoms with E-state index in [9.17, 15) is 4.79 Å². The van der Waals surface area contributed by atoms with Crippen molar-refractivity contribution >= 4 is 11.9 Å². The van der Waals surface area contributed by atoms with Crippen LogP contribution >= 0.6 is 0 Å². The molecular weight excluding hydrogens is 408 g/mol. The van der Waals surface area contributed by atoms with Gasteiger partial charge in [-0.1, -0.05) is 0 Å². The van der Waals surface area contributed by atoms with Gasteiger partial charge in [0.15, 0.2) is 11.7 Å². The third-order valence-corrected chi connectivity index (χ3v) is 5.13. The number of ether oxygens (including phenoxy) is 2. The SMILES string of the molecule is CCNC(=NCc1cc2c(cc1OCC)CC(C)O2)NCCCNC(=O)c1occc1C. The molecule has 1 aliphatic heterocycles. The van der Waals surface area contributed by atoms with E-state index in [1.807, 2.05) is 26.8 Å². The molecule has 3 rings (SSSR count). The lowest BCUT2D eigenvalue weighted by molar-refractivity contribution is 0.0925. The van der Waals surface area contributed by atoms with Gasteiger partial charge in [-0.3, -0.25) is 4.79 Å². The smallest absolute Gasteiger partial charge is 0.287 e. The highest BCUT2D eigenvalue weighted by atomic mass is 16.5. The Morgan fingerprint density at radius 1 is 1.22 bits per heavy atom. The summed E-state index contributed by atoms with van der Waals surface area (Å²) in [5, 5.41) is 9.45. The minimum absolute atomic E-state index is 0.189. The van der Waals surface area contributed by atoms with Gasteiger partial charge in [-0.05, 0) is 52.3 Å². The molecule has 1 aromatic heterocycles. The second-order valence-electron chi connectivity index (χ2n) is 7.80. The van der Waals surface area contributed by atoms with Gasteiger partial charge < -0.3 is 29.8 Å². The third-order valence-electron chi connectivity index (χ3n) is 5.13. The van der Waals surface area contributed by atoms with Crippen LogP contribution in [0.4, 0.5) is 0 Å². The number of carbonyl (C=O) groups is 1. The van der Waals surface area contributed by atoms with Gasteiger partial charge in [0.25, 0.3) is 5.91 Å². The van der Waals surface area contributed by atoms with Crippen LogP contribution in [0.15, 0.2) is 33.9 Å². The van der Waals surface area contributed by atoms with E-state index >= 15 is 0 Å². The molecule has 2 aromatic rings. The van der Waals surface area contributed by atoms with Crippen molar-refractivity contribution in [1.29, 1.82) is 0 Å². The van der Waals surface area contributed by atoms with Crippen LogP contribution in [-0.2, 0) is 13.0 Å². The molecule has 2 heterocycles. The van der Waals surface area contributed by atoms with E-state index in [-0.39, 0.29) is 12.0 Å². The molecule has 0 saturated heterocycles. The number of furan rings is 1. The predicted molar refractivity (Wildman–Crippen MR) is 125 cm³/mol. The molecule has 3 N–H and O–H groups in total. The largest absolute Gasteiger partial charge is 0.494 e. The van der Waals surface area contributed by atoms with E-state index < -0.39 is 0 Å². The summed E-state index contributed by atoms with van der Waals surface area (Å²) in [4.78, 5) is 16.8. The molecule has 1 atom stereocenters. The number of carbonyl (C=O) groups excluding carboxylic acids is 1. The van der Waals surface area contributed by atoms with Crippen LogP contribution in [0.25, 0.3) is 0 Å². The summed E-state index contributed by atoms with van der Waals surface area (Å²) in [6.07, 6.45) is 3.37. The van der Waals surface area contributed by atoms with Gasteiger partial charge in [-0.25, -0.2) is 4.99 Å². The molecule has 0 fully saturated rings. The summed E-state index contributed by atoms with van der Waals surface area (Å²) in [5.74, 6) is 2.68. The van der Waals surface area contributed by atoms with Crippen molar-refractivity contribution in [3.63, 3.8) is 0 Å². The number of hydrogen-bond acceptors (Lipinski definition) is 5. The lowest BCUT2D eigenvalue weighted by atomic mass is 10.1. The van der Waals surface area contributed by atoms with Gasteiger partial charge in [-0.15, -0.1) is 0 Å². The standard InChI is InChI=1S/C24H34N4O4/c1-5-25-24(27-10-7-9-26-23(29)22-16(3)8-11-31-22)28-15-19-14-21-18(12-17(4)32-21)13-20(19)30-6-2/h8,11,13-14,17H,5-7,9-10,12,15H2,1-4H3,(H,26,29)(H2,25,27,28). The van der Waals surface area contributed by atoms with Crippen LogP contribution in [0.1, 0.15) is 54.4 Å².